The third kappa shape index (κ3) is 10.3. The van der Waals surface area contributed by atoms with Crippen molar-refractivity contribution >= 4 is 17.7 Å². The van der Waals surface area contributed by atoms with Gasteiger partial charge in [-0.2, -0.15) is 0 Å². The standard InChI is InChI=1S/C27H39N5O10/c1-31-11-7-18(21(33)26(31)38)23(35)28-9-5-4-6-20(25(37)29-10-13-41-16-17-42-15-14-40-3)30-24(36)19-8-12-32(2)27(39)22(19)34/h7-8,11-12,20,33-34H,4-6,9-10,13-17H2,1-3H3,(H,28,35)(H,29,37)(H,30,36). The maximum atomic E-state index is 12.9. The Morgan fingerprint density at radius 1 is 0.786 bits per heavy atom. The van der Waals surface area contributed by atoms with Gasteiger partial charge in [-0.1, -0.05) is 0 Å². The van der Waals surface area contributed by atoms with Crippen molar-refractivity contribution in [3.8, 4) is 11.5 Å². The molecule has 0 bridgehead atoms. The van der Waals surface area contributed by atoms with Crippen molar-refractivity contribution in [2.45, 2.75) is 25.3 Å². The van der Waals surface area contributed by atoms with Gasteiger partial charge in [0, 0.05) is 46.7 Å². The van der Waals surface area contributed by atoms with Gasteiger partial charge in [-0.15, -0.1) is 0 Å². The SMILES string of the molecule is COCCOCCOCCNC(=O)C(CCCCNC(=O)c1ccn(C)c(=O)c1O)NC(=O)c1ccn(C)c(=O)c1O. The highest BCUT2D eigenvalue weighted by Crippen LogP contribution is 2.12. The molecule has 0 spiro atoms. The molecule has 0 aliphatic carbocycles. The van der Waals surface area contributed by atoms with E-state index in [0.717, 1.165) is 9.13 Å². The van der Waals surface area contributed by atoms with Gasteiger partial charge >= 0.3 is 0 Å². The topological polar surface area (TPSA) is 199 Å². The molecule has 15 heteroatoms. The Morgan fingerprint density at radius 3 is 1.93 bits per heavy atom. The molecule has 232 valence electrons. The number of unbranched alkanes of at least 4 members (excludes halogenated alkanes) is 1. The molecule has 0 aromatic carbocycles. The first-order chi connectivity index (χ1) is 20.1. The molecule has 1 unspecified atom stereocenters. The molecule has 2 aromatic heterocycles. The Kier molecular flexibility index (Phi) is 14.2. The van der Waals surface area contributed by atoms with E-state index < -0.39 is 46.4 Å². The highest BCUT2D eigenvalue weighted by atomic mass is 16.5. The molecule has 2 rings (SSSR count). The van der Waals surface area contributed by atoms with Crippen LogP contribution in [0.3, 0.4) is 0 Å². The summed E-state index contributed by atoms with van der Waals surface area (Å²) >= 11 is 0. The normalized spacial score (nSPS) is 11.6. The molecule has 5 N–H and O–H groups in total. The van der Waals surface area contributed by atoms with Crippen LogP contribution in [0, 0.1) is 0 Å². The molecule has 15 nitrogen and oxygen atoms in total. The van der Waals surface area contributed by atoms with Gasteiger partial charge in [0.15, 0.2) is 11.5 Å². The Bertz CT molecular complexity index is 1320. The average molecular weight is 594 g/mol. The zero-order valence-corrected chi connectivity index (χ0v) is 24.0. The number of ether oxygens (including phenoxy) is 3. The molecule has 2 heterocycles. The Labute approximate surface area is 242 Å². The molecule has 0 aliphatic heterocycles. The van der Waals surface area contributed by atoms with Crippen molar-refractivity contribution in [3.05, 3.63) is 56.4 Å². The van der Waals surface area contributed by atoms with Crippen LogP contribution in [0.4, 0.5) is 0 Å². The Morgan fingerprint density at radius 2 is 1.33 bits per heavy atom. The quantitative estimate of drug-likeness (QED) is 0.133. The van der Waals surface area contributed by atoms with Gasteiger partial charge < -0.3 is 49.5 Å². The molecule has 0 fully saturated rings. The fourth-order valence-corrected chi connectivity index (χ4v) is 3.71. The number of hydrogen-bond acceptors (Lipinski definition) is 10. The van der Waals surface area contributed by atoms with Crippen molar-refractivity contribution in [1.29, 1.82) is 0 Å². The molecule has 0 aliphatic rings. The number of aromatic hydroxyl groups is 2. The second-order valence-corrected chi connectivity index (χ2v) is 9.27. The van der Waals surface area contributed by atoms with E-state index in [-0.39, 0.29) is 37.2 Å². The van der Waals surface area contributed by atoms with E-state index in [0.29, 0.717) is 39.3 Å². The van der Waals surface area contributed by atoms with E-state index in [1.165, 1.54) is 38.6 Å². The van der Waals surface area contributed by atoms with E-state index in [1.54, 1.807) is 7.11 Å². The fraction of sp³-hybridized carbons (Fsp3) is 0.519. The second kappa shape index (κ2) is 17.6. The van der Waals surface area contributed by atoms with Gasteiger partial charge in [0.25, 0.3) is 22.9 Å². The van der Waals surface area contributed by atoms with Crippen molar-refractivity contribution < 1.29 is 38.8 Å². The lowest BCUT2D eigenvalue weighted by Crippen LogP contribution is -2.47. The van der Waals surface area contributed by atoms with Crippen LogP contribution in [0.15, 0.2) is 34.1 Å². The first-order valence-corrected chi connectivity index (χ1v) is 13.4. The first-order valence-electron chi connectivity index (χ1n) is 13.4. The lowest BCUT2D eigenvalue weighted by molar-refractivity contribution is -0.123. The van der Waals surface area contributed by atoms with Crippen molar-refractivity contribution in [3.63, 3.8) is 0 Å². The van der Waals surface area contributed by atoms with E-state index in [2.05, 4.69) is 16.0 Å². The summed E-state index contributed by atoms with van der Waals surface area (Å²) in [7, 11) is 4.44. The third-order valence-electron chi connectivity index (χ3n) is 6.15. The minimum atomic E-state index is -1.02. The van der Waals surface area contributed by atoms with Crippen LogP contribution < -0.4 is 27.1 Å². The number of nitrogens with zero attached hydrogens (tertiary/aromatic N) is 2. The van der Waals surface area contributed by atoms with Crippen molar-refractivity contribution in [2.75, 3.05) is 53.2 Å². The second-order valence-electron chi connectivity index (χ2n) is 9.27. The Balaban J connectivity index is 1.91. The maximum Gasteiger partial charge on any atom is 0.293 e. The van der Waals surface area contributed by atoms with Crippen LogP contribution in [0.25, 0.3) is 0 Å². The summed E-state index contributed by atoms with van der Waals surface area (Å²) in [5.41, 5.74) is -1.88. The number of rotatable bonds is 18. The third-order valence-corrected chi connectivity index (χ3v) is 6.15. The first kappa shape index (κ1) is 34.0. The van der Waals surface area contributed by atoms with Gasteiger partial charge in [-0.05, 0) is 31.4 Å². The van der Waals surface area contributed by atoms with Gasteiger partial charge in [0.2, 0.25) is 5.91 Å². The van der Waals surface area contributed by atoms with E-state index in [1.807, 2.05) is 0 Å². The van der Waals surface area contributed by atoms with Crippen LogP contribution in [0.5, 0.6) is 11.5 Å². The molecular weight excluding hydrogens is 554 g/mol. The van der Waals surface area contributed by atoms with Gasteiger partial charge in [0.05, 0.1) is 44.2 Å². The highest BCUT2D eigenvalue weighted by molar-refractivity contribution is 5.99. The predicted octanol–water partition coefficient (Wildman–Crippen LogP) is -1.01. The predicted molar refractivity (Wildman–Crippen MR) is 151 cm³/mol. The van der Waals surface area contributed by atoms with Crippen LogP contribution in [-0.4, -0.2) is 96.3 Å². The monoisotopic (exact) mass is 593 g/mol. The number of hydrogen-bond donors (Lipinski definition) is 5. The maximum absolute atomic E-state index is 12.9. The smallest absolute Gasteiger partial charge is 0.293 e. The summed E-state index contributed by atoms with van der Waals surface area (Å²) in [4.78, 5) is 62.0. The molecule has 0 radical (unpaired) electrons. The van der Waals surface area contributed by atoms with E-state index in [9.17, 15) is 34.2 Å². The molecule has 3 amide bonds. The number of carbonyl (C=O) groups excluding carboxylic acids is 3. The summed E-state index contributed by atoms with van der Waals surface area (Å²) < 4.78 is 17.8. The van der Waals surface area contributed by atoms with Crippen molar-refractivity contribution in [1.82, 2.24) is 25.1 Å². The molecular formula is C27H39N5O10. The van der Waals surface area contributed by atoms with Crippen molar-refractivity contribution in [2.24, 2.45) is 14.1 Å². The zero-order chi connectivity index (χ0) is 31.1. The number of pyridine rings is 2. The molecule has 2 aromatic rings. The number of amides is 3. The number of aromatic nitrogens is 2. The van der Waals surface area contributed by atoms with Crippen LogP contribution >= 0.6 is 0 Å². The number of aryl methyl sites for hydroxylation is 2. The van der Waals surface area contributed by atoms with Crippen LogP contribution in [0.2, 0.25) is 0 Å². The summed E-state index contributed by atoms with van der Waals surface area (Å²) in [5, 5.41) is 27.9. The summed E-state index contributed by atoms with van der Waals surface area (Å²) in [5.74, 6) is -3.32. The lowest BCUT2D eigenvalue weighted by Gasteiger charge is -2.19. The zero-order valence-electron chi connectivity index (χ0n) is 24.0. The van der Waals surface area contributed by atoms with E-state index >= 15 is 0 Å². The Hall–Kier alpha value is -4.21. The van der Waals surface area contributed by atoms with Crippen LogP contribution in [0.1, 0.15) is 40.0 Å². The average Bonchev–Trinajstić information content (AvgIpc) is 2.96. The summed E-state index contributed by atoms with van der Waals surface area (Å²) in [6, 6.07) is 1.58. The van der Waals surface area contributed by atoms with Gasteiger partial charge in [-0.3, -0.25) is 24.0 Å². The van der Waals surface area contributed by atoms with Gasteiger partial charge in [-0.25, -0.2) is 0 Å². The largest absolute Gasteiger partial charge is 0.502 e. The number of carbonyl (C=O) groups is 3. The number of methoxy groups -OCH3 is 1. The fourth-order valence-electron chi connectivity index (χ4n) is 3.71. The minimum absolute atomic E-state index is 0.153. The molecule has 42 heavy (non-hydrogen) atoms. The van der Waals surface area contributed by atoms with Gasteiger partial charge in [0.1, 0.15) is 6.04 Å². The minimum Gasteiger partial charge on any atom is -0.502 e. The summed E-state index contributed by atoms with van der Waals surface area (Å²) in [6.45, 7) is 2.15. The highest BCUT2D eigenvalue weighted by Gasteiger charge is 2.23. The lowest BCUT2D eigenvalue weighted by atomic mass is 10.1. The molecule has 0 saturated carbocycles. The molecule has 0 saturated heterocycles. The number of nitrogens with one attached hydrogen (secondary N) is 3. The van der Waals surface area contributed by atoms with E-state index in [4.69, 9.17) is 14.2 Å². The molecule has 1 atom stereocenters. The summed E-state index contributed by atoms with van der Waals surface area (Å²) in [6.07, 6.45) is 3.65. The van der Waals surface area contributed by atoms with Crippen LogP contribution in [-0.2, 0) is 33.1 Å².